The van der Waals surface area contributed by atoms with Gasteiger partial charge in [0.05, 0.1) is 23.7 Å². The van der Waals surface area contributed by atoms with Gasteiger partial charge in [0.25, 0.3) is 0 Å². The summed E-state index contributed by atoms with van der Waals surface area (Å²) in [5.41, 5.74) is 1.86. The van der Waals surface area contributed by atoms with Crippen LogP contribution in [0.2, 0.25) is 0 Å². The summed E-state index contributed by atoms with van der Waals surface area (Å²) in [6.07, 6.45) is 1.09. The number of hydrogen-bond acceptors (Lipinski definition) is 5. The van der Waals surface area contributed by atoms with E-state index in [0.29, 0.717) is 12.8 Å². The second-order valence-electron chi connectivity index (χ2n) is 6.00. The van der Waals surface area contributed by atoms with Crippen molar-refractivity contribution in [2.75, 3.05) is 7.11 Å². The molecule has 0 saturated heterocycles. The van der Waals surface area contributed by atoms with Crippen LogP contribution in [-0.2, 0) is 9.59 Å². The lowest BCUT2D eigenvalue weighted by atomic mass is 10.0. The highest BCUT2D eigenvalue weighted by molar-refractivity contribution is 7.12. The Labute approximate surface area is 155 Å². The van der Waals surface area contributed by atoms with Crippen molar-refractivity contribution in [1.82, 2.24) is 5.01 Å². The first-order valence-corrected chi connectivity index (χ1v) is 9.25. The molecular weight excluding hydrogens is 352 g/mol. The molecule has 3 rings (SSSR count). The zero-order valence-electron chi connectivity index (χ0n) is 14.4. The molecule has 0 spiro atoms. The summed E-state index contributed by atoms with van der Waals surface area (Å²) in [5, 5.41) is 16.8. The van der Waals surface area contributed by atoms with Crippen LogP contribution in [0.5, 0.6) is 5.75 Å². The maximum Gasteiger partial charge on any atom is 0.303 e. The van der Waals surface area contributed by atoms with Crippen LogP contribution in [0.25, 0.3) is 0 Å². The van der Waals surface area contributed by atoms with Crippen molar-refractivity contribution in [3.05, 3.63) is 52.2 Å². The van der Waals surface area contributed by atoms with Crippen LogP contribution in [0.15, 0.2) is 46.9 Å². The van der Waals surface area contributed by atoms with Crippen molar-refractivity contribution < 1.29 is 19.4 Å². The van der Waals surface area contributed by atoms with Gasteiger partial charge in [-0.05, 0) is 35.6 Å². The fourth-order valence-corrected chi connectivity index (χ4v) is 3.64. The molecule has 2 heterocycles. The minimum absolute atomic E-state index is 0.0196. The normalized spacial score (nSPS) is 16.4. The van der Waals surface area contributed by atoms with E-state index in [1.165, 1.54) is 5.01 Å². The first-order valence-electron chi connectivity index (χ1n) is 8.37. The van der Waals surface area contributed by atoms with Crippen molar-refractivity contribution in [2.45, 2.75) is 31.7 Å². The minimum atomic E-state index is -0.895. The van der Waals surface area contributed by atoms with Crippen molar-refractivity contribution in [1.29, 1.82) is 0 Å². The van der Waals surface area contributed by atoms with Gasteiger partial charge in [-0.3, -0.25) is 9.59 Å². The summed E-state index contributed by atoms with van der Waals surface area (Å²) >= 11 is 1.59. The zero-order chi connectivity index (χ0) is 18.5. The number of rotatable bonds is 7. The lowest BCUT2D eigenvalue weighted by molar-refractivity contribution is -0.137. The van der Waals surface area contributed by atoms with Gasteiger partial charge in [-0.25, -0.2) is 5.01 Å². The quantitative estimate of drug-likeness (QED) is 0.804. The Kier molecular flexibility index (Phi) is 5.68. The van der Waals surface area contributed by atoms with Gasteiger partial charge in [0.15, 0.2) is 0 Å². The smallest absolute Gasteiger partial charge is 0.303 e. The Balaban J connectivity index is 1.81. The largest absolute Gasteiger partial charge is 0.497 e. The van der Waals surface area contributed by atoms with Crippen molar-refractivity contribution in [2.24, 2.45) is 5.10 Å². The Hall–Kier alpha value is -2.67. The SMILES string of the molecule is COc1ccc([C@H]2CC(c3cccs3)=NN2C(=O)CCCC(=O)O)cc1. The first kappa shape index (κ1) is 18.1. The number of methoxy groups -OCH3 is 1. The second kappa shape index (κ2) is 8.14. The second-order valence-corrected chi connectivity index (χ2v) is 6.95. The van der Waals surface area contributed by atoms with Gasteiger partial charge in [-0.15, -0.1) is 11.3 Å². The number of ether oxygens (including phenoxy) is 1. The van der Waals surface area contributed by atoms with Crippen LogP contribution in [0.1, 0.15) is 42.2 Å². The summed E-state index contributed by atoms with van der Waals surface area (Å²) in [7, 11) is 1.61. The van der Waals surface area contributed by atoms with E-state index in [1.807, 2.05) is 41.8 Å². The van der Waals surface area contributed by atoms with E-state index < -0.39 is 5.97 Å². The summed E-state index contributed by atoms with van der Waals surface area (Å²) in [6, 6.07) is 11.4. The summed E-state index contributed by atoms with van der Waals surface area (Å²) in [5.74, 6) is -0.294. The van der Waals surface area contributed by atoms with Crippen LogP contribution in [0.4, 0.5) is 0 Å². The van der Waals surface area contributed by atoms with Gasteiger partial charge in [0.1, 0.15) is 5.75 Å². The van der Waals surface area contributed by atoms with Gasteiger partial charge >= 0.3 is 5.97 Å². The van der Waals surface area contributed by atoms with E-state index >= 15 is 0 Å². The fraction of sp³-hybridized carbons (Fsp3) is 0.316. The molecule has 0 unspecified atom stereocenters. The number of carboxylic acid groups (broad SMARTS) is 1. The topological polar surface area (TPSA) is 79.2 Å². The van der Waals surface area contributed by atoms with Gasteiger partial charge < -0.3 is 9.84 Å². The number of thiophene rings is 1. The van der Waals surface area contributed by atoms with Crippen LogP contribution < -0.4 is 4.74 Å². The molecule has 136 valence electrons. The standard InChI is InChI=1S/C19H20N2O4S/c1-25-14-9-7-13(8-10-14)16-12-15(17-4-3-11-26-17)20-21(16)18(22)5-2-6-19(23)24/h3-4,7-11,16H,2,5-6,12H2,1H3,(H,23,24)/t16-/m1/s1. The number of carboxylic acids is 1. The number of nitrogens with zero attached hydrogens (tertiary/aromatic N) is 2. The van der Waals surface area contributed by atoms with E-state index in [1.54, 1.807) is 18.4 Å². The highest BCUT2D eigenvalue weighted by Gasteiger charge is 2.33. The molecule has 26 heavy (non-hydrogen) atoms. The average molecular weight is 372 g/mol. The molecule has 1 aliphatic rings. The van der Waals surface area contributed by atoms with Gasteiger partial charge in [0, 0.05) is 19.3 Å². The molecule has 2 aromatic rings. The predicted molar refractivity (Wildman–Crippen MR) is 99.5 cm³/mol. The molecule has 1 aromatic heterocycles. The van der Waals surface area contributed by atoms with Gasteiger partial charge in [-0.1, -0.05) is 18.2 Å². The monoisotopic (exact) mass is 372 g/mol. The molecule has 0 fully saturated rings. The van der Waals surface area contributed by atoms with E-state index in [9.17, 15) is 9.59 Å². The maximum absolute atomic E-state index is 12.7. The van der Waals surface area contributed by atoms with E-state index in [2.05, 4.69) is 5.10 Å². The summed E-state index contributed by atoms with van der Waals surface area (Å²) in [4.78, 5) is 24.4. The molecule has 0 aliphatic carbocycles. The molecule has 0 bridgehead atoms. The van der Waals surface area contributed by atoms with Gasteiger partial charge in [-0.2, -0.15) is 5.10 Å². The number of aliphatic carboxylic acids is 1. The van der Waals surface area contributed by atoms with Crippen molar-refractivity contribution in [3.63, 3.8) is 0 Å². The molecule has 6 nitrogen and oxygen atoms in total. The summed E-state index contributed by atoms with van der Waals surface area (Å²) < 4.78 is 5.20. The van der Waals surface area contributed by atoms with Crippen LogP contribution in [0.3, 0.4) is 0 Å². The highest BCUT2D eigenvalue weighted by atomic mass is 32.1. The number of benzene rings is 1. The third-order valence-corrected chi connectivity index (χ3v) is 5.17. The van der Waals surface area contributed by atoms with Crippen LogP contribution >= 0.6 is 11.3 Å². The molecule has 1 aliphatic heterocycles. The molecule has 1 amide bonds. The Morgan fingerprint density at radius 2 is 2.04 bits per heavy atom. The average Bonchev–Trinajstić information content (AvgIpc) is 3.31. The Morgan fingerprint density at radius 1 is 1.27 bits per heavy atom. The Bertz CT molecular complexity index is 799. The van der Waals surface area contributed by atoms with E-state index in [0.717, 1.165) is 21.9 Å². The third-order valence-electron chi connectivity index (χ3n) is 4.25. The number of hydrogen-bond donors (Lipinski definition) is 1. The fourth-order valence-electron chi connectivity index (χ4n) is 2.92. The number of carbonyl (C=O) groups is 2. The van der Waals surface area contributed by atoms with Crippen molar-refractivity contribution in [3.8, 4) is 5.75 Å². The first-order chi connectivity index (χ1) is 12.6. The predicted octanol–water partition coefficient (Wildman–Crippen LogP) is 3.69. The molecule has 0 radical (unpaired) electrons. The number of amides is 1. The molecule has 0 saturated carbocycles. The molecule has 1 atom stereocenters. The maximum atomic E-state index is 12.7. The number of carbonyl (C=O) groups excluding carboxylic acids is 1. The lowest BCUT2D eigenvalue weighted by Crippen LogP contribution is -2.27. The minimum Gasteiger partial charge on any atom is -0.497 e. The molecular formula is C19H20N2O4S. The van der Waals surface area contributed by atoms with Crippen molar-refractivity contribution >= 4 is 28.9 Å². The van der Waals surface area contributed by atoms with E-state index in [-0.39, 0.29) is 24.8 Å². The van der Waals surface area contributed by atoms with Crippen LogP contribution in [-0.4, -0.2) is 34.8 Å². The third kappa shape index (κ3) is 4.11. The number of hydrazone groups is 1. The zero-order valence-corrected chi connectivity index (χ0v) is 15.2. The molecule has 7 heteroatoms. The van der Waals surface area contributed by atoms with E-state index in [4.69, 9.17) is 9.84 Å². The molecule has 1 aromatic carbocycles. The lowest BCUT2D eigenvalue weighted by Gasteiger charge is -2.22. The summed E-state index contributed by atoms with van der Waals surface area (Å²) in [6.45, 7) is 0. The molecule has 1 N–H and O–H groups in total. The van der Waals surface area contributed by atoms with Crippen LogP contribution in [0, 0.1) is 0 Å². The highest BCUT2D eigenvalue weighted by Crippen LogP contribution is 2.35. The van der Waals surface area contributed by atoms with Gasteiger partial charge in [0.2, 0.25) is 5.91 Å². The Morgan fingerprint density at radius 3 is 2.65 bits per heavy atom.